The number of amides is 1. The van der Waals surface area contributed by atoms with Gasteiger partial charge in [0.25, 0.3) is 0 Å². The van der Waals surface area contributed by atoms with Gasteiger partial charge in [0.05, 0.1) is 25.2 Å². The van der Waals surface area contributed by atoms with E-state index < -0.39 is 17.2 Å². The number of methoxy groups -OCH3 is 2. The Morgan fingerprint density at radius 2 is 1.76 bits per heavy atom. The van der Waals surface area contributed by atoms with Crippen LogP contribution < -0.4 is 14.8 Å². The van der Waals surface area contributed by atoms with Gasteiger partial charge in [0.1, 0.15) is 0 Å². The van der Waals surface area contributed by atoms with Gasteiger partial charge in [-0.2, -0.15) is 13.2 Å². The Morgan fingerprint density at radius 3 is 2.41 bits per heavy atom. The SMILES string of the molecule is COc1ccc(-c2ccc(NC(=O)C3(c4cccc(C(F)(F)F)c4)CC3)cc2-c2nnn[nH]2)cc1OC. The standard InChI is InChI=1S/C26H22F3N5O3/c1-36-21-9-6-15(12-22(21)37-2)19-8-7-18(14-20(19)23-31-33-34-32-23)30-24(35)25(10-11-25)16-4-3-5-17(13-16)26(27,28)29/h3-9,12-14H,10-11H2,1-2H3,(H,30,35)(H,31,32,33,34). The number of tetrazole rings is 1. The highest BCUT2D eigenvalue weighted by molar-refractivity contribution is 6.02. The van der Waals surface area contributed by atoms with Crippen LogP contribution in [0.25, 0.3) is 22.5 Å². The summed E-state index contributed by atoms with van der Waals surface area (Å²) in [5.41, 5.74) is 1.20. The third kappa shape index (κ3) is 4.59. The molecular formula is C26H22F3N5O3. The van der Waals surface area contributed by atoms with Crippen molar-refractivity contribution in [1.29, 1.82) is 0 Å². The molecule has 3 aromatic carbocycles. The molecule has 190 valence electrons. The lowest BCUT2D eigenvalue weighted by Gasteiger charge is -2.18. The van der Waals surface area contributed by atoms with Crippen LogP contribution in [-0.4, -0.2) is 40.8 Å². The summed E-state index contributed by atoms with van der Waals surface area (Å²) in [5.74, 6) is 1.12. The van der Waals surface area contributed by atoms with Crippen molar-refractivity contribution in [2.24, 2.45) is 0 Å². The monoisotopic (exact) mass is 509 g/mol. The Balaban J connectivity index is 1.48. The first-order valence-electron chi connectivity index (χ1n) is 11.3. The largest absolute Gasteiger partial charge is 0.493 e. The van der Waals surface area contributed by atoms with E-state index in [4.69, 9.17) is 9.47 Å². The molecule has 0 spiro atoms. The van der Waals surface area contributed by atoms with Crippen LogP contribution in [0.5, 0.6) is 11.5 Å². The van der Waals surface area contributed by atoms with Crippen LogP contribution in [0.3, 0.4) is 0 Å². The van der Waals surface area contributed by atoms with E-state index in [1.54, 1.807) is 44.6 Å². The molecular weight excluding hydrogens is 487 g/mol. The smallest absolute Gasteiger partial charge is 0.416 e. The molecule has 0 aliphatic heterocycles. The topological polar surface area (TPSA) is 102 Å². The van der Waals surface area contributed by atoms with Crippen LogP contribution in [0.15, 0.2) is 60.7 Å². The van der Waals surface area contributed by atoms with Gasteiger partial charge >= 0.3 is 6.18 Å². The number of benzene rings is 3. The number of aromatic nitrogens is 4. The van der Waals surface area contributed by atoms with Crippen molar-refractivity contribution in [2.45, 2.75) is 24.4 Å². The van der Waals surface area contributed by atoms with E-state index in [-0.39, 0.29) is 5.91 Å². The minimum Gasteiger partial charge on any atom is -0.493 e. The predicted octanol–water partition coefficient (Wildman–Crippen LogP) is 5.24. The van der Waals surface area contributed by atoms with Gasteiger partial charge in [-0.1, -0.05) is 30.3 Å². The fourth-order valence-electron chi connectivity index (χ4n) is 4.36. The molecule has 0 saturated heterocycles. The molecule has 2 N–H and O–H groups in total. The molecule has 4 aromatic rings. The number of hydrogen-bond acceptors (Lipinski definition) is 6. The zero-order valence-electron chi connectivity index (χ0n) is 19.9. The number of anilines is 1. The number of ether oxygens (including phenoxy) is 2. The zero-order chi connectivity index (χ0) is 26.2. The first-order valence-corrected chi connectivity index (χ1v) is 11.3. The maximum absolute atomic E-state index is 13.3. The predicted molar refractivity (Wildman–Crippen MR) is 129 cm³/mol. The molecule has 0 bridgehead atoms. The summed E-state index contributed by atoms with van der Waals surface area (Å²) in [6.45, 7) is 0. The van der Waals surface area contributed by atoms with Crippen molar-refractivity contribution in [2.75, 3.05) is 19.5 Å². The summed E-state index contributed by atoms with van der Waals surface area (Å²) in [6, 6.07) is 15.6. The van der Waals surface area contributed by atoms with Crippen molar-refractivity contribution in [1.82, 2.24) is 20.6 Å². The highest BCUT2D eigenvalue weighted by Gasteiger charge is 2.51. The number of hydrogen-bond donors (Lipinski definition) is 2. The third-order valence-corrected chi connectivity index (χ3v) is 6.50. The second kappa shape index (κ2) is 9.23. The molecule has 37 heavy (non-hydrogen) atoms. The molecule has 1 aromatic heterocycles. The number of rotatable bonds is 7. The molecule has 1 aliphatic carbocycles. The second-order valence-electron chi connectivity index (χ2n) is 8.69. The van der Waals surface area contributed by atoms with Crippen LogP contribution in [0, 0.1) is 0 Å². The highest BCUT2D eigenvalue weighted by atomic mass is 19.4. The maximum atomic E-state index is 13.3. The minimum atomic E-state index is -4.48. The quantitative estimate of drug-likeness (QED) is 0.353. The molecule has 0 radical (unpaired) electrons. The molecule has 1 saturated carbocycles. The van der Waals surface area contributed by atoms with Crippen molar-refractivity contribution < 1.29 is 27.4 Å². The second-order valence-corrected chi connectivity index (χ2v) is 8.69. The van der Waals surface area contributed by atoms with Gasteiger partial charge in [-0.05, 0) is 70.3 Å². The van der Waals surface area contributed by atoms with Crippen LogP contribution in [0.2, 0.25) is 0 Å². The number of nitrogens with zero attached hydrogens (tertiary/aromatic N) is 3. The van der Waals surface area contributed by atoms with E-state index in [2.05, 4.69) is 25.9 Å². The molecule has 0 atom stereocenters. The zero-order valence-corrected chi connectivity index (χ0v) is 19.9. The van der Waals surface area contributed by atoms with Crippen molar-refractivity contribution >= 4 is 11.6 Å². The summed E-state index contributed by atoms with van der Waals surface area (Å²) in [5, 5.41) is 16.9. The molecule has 1 fully saturated rings. The number of carbonyl (C=O) groups is 1. The molecule has 0 unspecified atom stereocenters. The van der Waals surface area contributed by atoms with Crippen LogP contribution >= 0.6 is 0 Å². The van der Waals surface area contributed by atoms with Gasteiger partial charge in [-0.25, -0.2) is 5.10 Å². The maximum Gasteiger partial charge on any atom is 0.416 e. The first-order chi connectivity index (χ1) is 17.7. The lowest BCUT2D eigenvalue weighted by Crippen LogP contribution is -2.28. The van der Waals surface area contributed by atoms with E-state index in [9.17, 15) is 18.0 Å². The molecule has 11 heteroatoms. The Hall–Kier alpha value is -4.41. The van der Waals surface area contributed by atoms with E-state index in [1.807, 2.05) is 12.1 Å². The number of nitrogens with one attached hydrogen (secondary N) is 2. The fraction of sp³-hybridized carbons (Fsp3) is 0.231. The number of aromatic amines is 1. The summed E-state index contributed by atoms with van der Waals surface area (Å²) < 4.78 is 50.5. The summed E-state index contributed by atoms with van der Waals surface area (Å²) in [6.07, 6.45) is -3.56. The Morgan fingerprint density at radius 1 is 0.973 bits per heavy atom. The van der Waals surface area contributed by atoms with Gasteiger partial charge in [0, 0.05) is 11.3 Å². The lowest BCUT2D eigenvalue weighted by atomic mass is 9.93. The van der Waals surface area contributed by atoms with Gasteiger partial charge in [0.15, 0.2) is 17.3 Å². The Bertz CT molecular complexity index is 1450. The van der Waals surface area contributed by atoms with E-state index in [0.29, 0.717) is 47.0 Å². The van der Waals surface area contributed by atoms with Gasteiger partial charge in [-0.3, -0.25) is 4.79 Å². The fourth-order valence-corrected chi connectivity index (χ4v) is 4.36. The average molecular weight is 509 g/mol. The molecule has 5 rings (SSSR count). The highest BCUT2D eigenvalue weighted by Crippen LogP contribution is 2.50. The van der Waals surface area contributed by atoms with Gasteiger partial charge in [-0.15, -0.1) is 5.10 Å². The van der Waals surface area contributed by atoms with Crippen LogP contribution in [0.1, 0.15) is 24.0 Å². The normalized spacial score (nSPS) is 14.2. The van der Waals surface area contributed by atoms with E-state index in [1.165, 1.54) is 6.07 Å². The minimum absolute atomic E-state index is 0.349. The first kappa shape index (κ1) is 24.3. The van der Waals surface area contributed by atoms with E-state index >= 15 is 0 Å². The molecule has 1 amide bonds. The summed E-state index contributed by atoms with van der Waals surface area (Å²) in [4.78, 5) is 13.3. The van der Waals surface area contributed by atoms with E-state index in [0.717, 1.165) is 23.3 Å². The van der Waals surface area contributed by atoms with Crippen LogP contribution in [0.4, 0.5) is 18.9 Å². The van der Waals surface area contributed by atoms with Crippen molar-refractivity contribution in [3.63, 3.8) is 0 Å². The number of H-pyrrole nitrogens is 1. The number of halogens is 3. The van der Waals surface area contributed by atoms with Gasteiger partial charge in [0.2, 0.25) is 5.91 Å². The Labute approximate surface area is 209 Å². The summed E-state index contributed by atoms with van der Waals surface area (Å²) >= 11 is 0. The van der Waals surface area contributed by atoms with Crippen LogP contribution in [-0.2, 0) is 16.4 Å². The number of alkyl halides is 3. The molecule has 1 heterocycles. The Kier molecular flexibility index (Phi) is 6.06. The van der Waals surface area contributed by atoms with Crippen molar-refractivity contribution in [3.8, 4) is 34.0 Å². The average Bonchev–Trinajstić information content (AvgIpc) is 3.54. The molecule has 8 nitrogen and oxygen atoms in total. The van der Waals surface area contributed by atoms with Crippen molar-refractivity contribution in [3.05, 3.63) is 71.8 Å². The summed E-state index contributed by atoms with van der Waals surface area (Å²) in [7, 11) is 3.09. The lowest BCUT2D eigenvalue weighted by molar-refractivity contribution is -0.137. The number of carbonyl (C=O) groups excluding carboxylic acids is 1. The third-order valence-electron chi connectivity index (χ3n) is 6.50. The van der Waals surface area contributed by atoms with Gasteiger partial charge < -0.3 is 14.8 Å². The molecule has 1 aliphatic rings.